The summed E-state index contributed by atoms with van der Waals surface area (Å²) < 4.78 is 31.5. The molecule has 0 aliphatic carbocycles. The predicted octanol–water partition coefficient (Wildman–Crippen LogP) is 1.46. The molecule has 0 amide bonds. The molecule has 3 heterocycles. The zero-order valence-electron chi connectivity index (χ0n) is 13.2. The van der Waals surface area contributed by atoms with Crippen LogP contribution in [0.5, 0.6) is 0 Å². The number of nitrogens with zero attached hydrogens (tertiary/aromatic N) is 5. The van der Waals surface area contributed by atoms with Gasteiger partial charge in [0, 0.05) is 25.5 Å². The van der Waals surface area contributed by atoms with E-state index < -0.39 is 10.0 Å². The fourth-order valence-electron chi connectivity index (χ4n) is 2.62. The third kappa shape index (κ3) is 3.28. The Morgan fingerprint density at radius 3 is 2.68 bits per heavy atom. The minimum absolute atomic E-state index is 0.00471. The Hall–Kier alpha value is -2.65. The van der Waals surface area contributed by atoms with E-state index in [9.17, 15) is 8.42 Å². The highest BCUT2D eigenvalue weighted by Crippen LogP contribution is 2.30. The minimum atomic E-state index is -3.34. The molecular weight excluding hydrogens is 342 g/mol. The van der Waals surface area contributed by atoms with Crippen LogP contribution in [0.2, 0.25) is 0 Å². The van der Waals surface area contributed by atoms with Gasteiger partial charge in [-0.3, -0.25) is 4.98 Å². The van der Waals surface area contributed by atoms with Gasteiger partial charge in [-0.05, 0) is 5.56 Å². The van der Waals surface area contributed by atoms with Crippen LogP contribution in [0.4, 0.5) is 0 Å². The van der Waals surface area contributed by atoms with Crippen LogP contribution in [0, 0.1) is 0 Å². The van der Waals surface area contributed by atoms with Crippen LogP contribution in [-0.2, 0) is 15.8 Å². The Kier molecular flexibility index (Phi) is 4.02. The smallest absolute Gasteiger partial charge is 0.232 e. The summed E-state index contributed by atoms with van der Waals surface area (Å²) in [6, 6.07) is 9.13. The standard InChI is InChI=1S/C16H15N5O3S/c22-25(23,11-12-4-2-1-3-5-12)21-9-13(10-21)16-19-15(20-24-16)14-8-17-6-7-18-14/h1-8,13H,9-11H2. The van der Waals surface area contributed by atoms with E-state index >= 15 is 0 Å². The highest BCUT2D eigenvalue weighted by atomic mass is 32.2. The Morgan fingerprint density at radius 1 is 1.16 bits per heavy atom. The van der Waals surface area contributed by atoms with Gasteiger partial charge in [-0.1, -0.05) is 35.5 Å². The van der Waals surface area contributed by atoms with Crippen molar-refractivity contribution in [2.75, 3.05) is 13.1 Å². The van der Waals surface area contributed by atoms with Crippen molar-refractivity contribution in [2.24, 2.45) is 0 Å². The van der Waals surface area contributed by atoms with Gasteiger partial charge in [0.1, 0.15) is 5.69 Å². The molecule has 0 spiro atoms. The molecule has 4 rings (SSSR count). The number of benzene rings is 1. The van der Waals surface area contributed by atoms with E-state index in [1.807, 2.05) is 18.2 Å². The van der Waals surface area contributed by atoms with E-state index in [-0.39, 0.29) is 11.7 Å². The number of hydrogen-bond donors (Lipinski definition) is 0. The van der Waals surface area contributed by atoms with Crippen LogP contribution >= 0.6 is 0 Å². The molecule has 25 heavy (non-hydrogen) atoms. The van der Waals surface area contributed by atoms with Crippen molar-refractivity contribution in [3.8, 4) is 11.5 Å². The third-order valence-corrected chi connectivity index (χ3v) is 5.80. The monoisotopic (exact) mass is 357 g/mol. The maximum absolute atomic E-state index is 12.4. The van der Waals surface area contributed by atoms with Crippen LogP contribution in [0.25, 0.3) is 11.5 Å². The van der Waals surface area contributed by atoms with Gasteiger partial charge in [0.05, 0.1) is 17.9 Å². The van der Waals surface area contributed by atoms with Crippen molar-refractivity contribution in [3.63, 3.8) is 0 Å². The fraction of sp³-hybridized carbons (Fsp3) is 0.250. The van der Waals surface area contributed by atoms with Crippen LogP contribution in [0.15, 0.2) is 53.4 Å². The average molecular weight is 357 g/mol. The predicted molar refractivity (Wildman–Crippen MR) is 88.7 cm³/mol. The molecule has 0 atom stereocenters. The molecule has 3 aromatic rings. The maximum Gasteiger partial charge on any atom is 0.232 e. The summed E-state index contributed by atoms with van der Waals surface area (Å²) in [5, 5.41) is 3.89. The first-order chi connectivity index (χ1) is 12.1. The van der Waals surface area contributed by atoms with Crippen molar-refractivity contribution in [2.45, 2.75) is 11.7 Å². The lowest BCUT2D eigenvalue weighted by atomic mass is 10.0. The molecule has 2 aromatic heterocycles. The molecule has 0 N–H and O–H groups in total. The van der Waals surface area contributed by atoms with E-state index in [0.29, 0.717) is 30.5 Å². The average Bonchev–Trinajstić information content (AvgIpc) is 3.04. The van der Waals surface area contributed by atoms with Gasteiger partial charge < -0.3 is 4.52 Å². The summed E-state index contributed by atoms with van der Waals surface area (Å²) in [5.41, 5.74) is 1.29. The van der Waals surface area contributed by atoms with E-state index in [1.165, 1.54) is 4.31 Å². The molecule has 1 aromatic carbocycles. The number of hydrogen-bond acceptors (Lipinski definition) is 7. The van der Waals surface area contributed by atoms with Crippen LogP contribution < -0.4 is 0 Å². The molecule has 0 bridgehead atoms. The SMILES string of the molecule is O=S(=O)(Cc1ccccc1)N1CC(c2nc(-c3cnccn3)no2)C1. The summed E-state index contributed by atoms with van der Waals surface area (Å²) in [5.74, 6) is 0.680. The van der Waals surface area contributed by atoms with Gasteiger partial charge >= 0.3 is 0 Å². The molecule has 128 valence electrons. The van der Waals surface area contributed by atoms with Crippen molar-refractivity contribution in [1.82, 2.24) is 24.4 Å². The maximum atomic E-state index is 12.4. The van der Waals surface area contributed by atoms with Crippen LogP contribution in [0.1, 0.15) is 17.4 Å². The van der Waals surface area contributed by atoms with Gasteiger partial charge in [-0.15, -0.1) is 0 Å². The Balaban J connectivity index is 1.41. The van der Waals surface area contributed by atoms with Gasteiger partial charge in [0.25, 0.3) is 0 Å². The summed E-state index contributed by atoms with van der Waals surface area (Å²) in [7, 11) is -3.34. The molecule has 1 aliphatic heterocycles. The quantitative estimate of drug-likeness (QED) is 0.681. The van der Waals surface area contributed by atoms with Gasteiger partial charge in [-0.25, -0.2) is 13.4 Å². The topological polar surface area (TPSA) is 102 Å². The molecule has 0 unspecified atom stereocenters. The molecule has 1 saturated heterocycles. The first-order valence-corrected chi connectivity index (χ1v) is 9.34. The van der Waals surface area contributed by atoms with Crippen molar-refractivity contribution in [1.29, 1.82) is 0 Å². The summed E-state index contributed by atoms with van der Waals surface area (Å²) in [6.45, 7) is 0.689. The second-order valence-electron chi connectivity index (χ2n) is 5.80. The Labute approximate surface area is 144 Å². The normalized spacial score (nSPS) is 15.8. The lowest BCUT2D eigenvalue weighted by Gasteiger charge is -2.35. The fourth-order valence-corrected chi connectivity index (χ4v) is 4.23. The second-order valence-corrected chi connectivity index (χ2v) is 7.77. The first kappa shape index (κ1) is 15.9. The van der Waals surface area contributed by atoms with Gasteiger partial charge in [-0.2, -0.15) is 9.29 Å². The summed E-state index contributed by atoms with van der Waals surface area (Å²) in [4.78, 5) is 12.4. The summed E-state index contributed by atoms with van der Waals surface area (Å²) >= 11 is 0. The number of sulfonamides is 1. The van der Waals surface area contributed by atoms with E-state index in [2.05, 4.69) is 20.1 Å². The van der Waals surface area contributed by atoms with Gasteiger partial charge in [0.15, 0.2) is 0 Å². The summed E-state index contributed by atoms with van der Waals surface area (Å²) in [6.07, 6.45) is 4.66. The second kappa shape index (κ2) is 6.34. The zero-order chi connectivity index (χ0) is 17.3. The number of aromatic nitrogens is 4. The molecule has 8 nitrogen and oxygen atoms in total. The Bertz CT molecular complexity index is 954. The third-order valence-electron chi connectivity index (χ3n) is 4.02. The Morgan fingerprint density at radius 2 is 1.96 bits per heavy atom. The van der Waals surface area contributed by atoms with Crippen molar-refractivity contribution in [3.05, 3.63) is 60.4 Å². The number of rotatable bonds is 5. The van der Waals surface area contributed by atoms with E-state index in [4.69, 9.17) is 4.52 Å². The van der Waals surface area contributed by atoms with E-state index in [1.54, 1.807) is 30.7 Å². The molecule has 1 fully saturated rings. The van der Waals surface area contributed by atoms with Crippen molar-refractivity contribution < 1.29 is 12.9 Å². The van der Waals surface area contributed by atoms with Crippen LogP contribution in [0.3, 0.4) is 0 Å². The highest BCUT2D eigenvalue weighted by Gasteiger charge is 2.39. The van der Waals surface area contributed by atoms with Crippen LogP contribution in [-0.4, -0.2) is 45.9 Å². The van der Waals surface area contributed by atoms with Crippen molar-refractivity contribution >= 4 is 10.0 Å². The van der Waals surface area contributed by atoms with E-state index in [0.717, 1.165) is 5.56 Å². The molecule has 0 saturated carbocycles. The largest absolute Gasteiger partial charge is 0.339 e. The van der Waals surface area contributed by atoms with Gasteiger partial charge in [0.2, 0.25) is 21.7 Å². The minimum Gasteiger partial charge on any atom is -0.339 e. The molecule has 1 aliphatic rings. The molecular formula is C16H15N5O3S. The molecule has 9 heteroatoms. The zero-order valence-corrected chi connectivity index (χ0v) is 14.0. The molecule has 0 radical (unpaired) electrons. The lowest BCUT2D eigenvalue weighted by molar-refractivity contribution is 0.216. The highest BCUT2D eigenvalue weighted by molar-refractivity contribution is 7.88. The first-order valence-electron chi connectivity index (χ1n) is 7.73. The lowest BCUT2D eigenvalue weighted by Crippen LogP contribution is -2.48.